The van der Waals surface area contributed by atoms with Gasteiger partial charge in [-0.3, -0.25) is 4.90 Å². The van der Waals surface area contributed by atoms with Gasteiger partial charge in [-0.05, 0) is 36.1 Å². The lowest BCUT2D eigenvalue weighted by Crippen LogP contribution is -2.59. The molecule has 3 heteroatoms. The summed E-state index contributed by atoms with van der Waals surface area (Å²) in [6.07, 6.45) is 3.66. The van der Waals surface area contributed by atoms with Crippen LogP contribution in [-0.2, 0) is 19.6 Å². The molecule has 4 aromatic carbocycles. The number of rotatable bonds is 14. The van der Waals surface area contributed by atoms with Gasteiger partial charge in [0.1, 0.15) is 0 Å². The fraction of sp³-hybridized carbons (Fsp3) is 0.294. The summed E-state index contributed by atoms with van der Waals surface area (Å²) in [7, 11) is -1.80. The molecule has 0 heterocycles. The second-order valence-corrected chi connectivity index (χ2v) is 15.3. The Balaban J connectivity index is 1.50. The highest BCUT2D eigenvalue weighted by Gasteiger charge is 2.37. The number of nitrogens with zero attached hydrogens (tertiary/aromatic N) is 1. The molecule has 0 saturated heterocycles. The monoisotopic (exact) mass is 506 g/mol. The van der Waals surface area contributed by atoms with Crippen LogP contribution in [0.15, 0.2) is 121 Å². The standard InChI is InChI=1S/C34H42N2Si/c1-37(2,33-23-13-6-14-24-33)34(25-15-16-26-35-27-30-17-7-3-8-18-30)36(28-31-19-9-4-10-20-31)29-32-21-11-5-12-22-32/h3-14,17-24,34-35H,15-16,25-29H2,1-2H3/t34-/m1/s1. The van der Waals surface area contributed by atoms with Crippen LogP contribution in [0.5, 0.6) is 0 Å². The summed E-state index contributed by atoms with van der Waals surface area (Å²) in [6.45, 7) is 9.12. The van der Waals surface area contributed by atoms with Gasteiger partial charge in [-0.2, -0.15) is 0 Å². The molecule has 0 bridgehead atoms. The summed E-state index contributed by atoms with van der Waals surface area (Å²) in [5.41, 5.74) is 4.69. The normalized spacial score (nSPS) is 12.5. The van der Waals surface area contributed by atoms with Crippen molar-refractivity contribution in [2.24, 2.45) is 0 Å². The molecule has 0 aromatic heterocycles. The molecule has 4 rings (SSSR count). The molecule has 2 nitrogen and oxygen atoms in total. The van der Waals surface area contributed by atoms with Crippen molar-refractivity contribution in [3.8, 4) is 0 Å². The summed E-state index contributed by atoms with van der Waals surface area (Å²) in [5, 5.41) is 5.20. The molecule has 1 N–H and O–H groups in total. The molecule has 0 unspecified atom stereocenters. The van der Waals surface area contributed by atoms with Crippen LogP contribution >= 0.6 is 0 Å². The fourth-order valence-electron chi connectivity index (χ4n) is 5.39. The first kappa shape index (κ1) is 27.1. The van der Waals surface area contributed by atoms with Gasteiger partial charge in [-0.1, -0.05) is 146 Å². The SMILES string of the molecule is C[Si](C)(c1ccccc1)[C@H](CCCCNCc1ccccc1)N(Cc1ccccc1)Cc1ccccc1. The zero-order chi connectivity index (χ0) is 25.8. The molecule has 0 aliphatic heterocycles. The topological polar surface area (TPSA) is 15.3 Å². The van der Waals surface area contributed by atoms with E-state index in [1.54, 1.807) is 5.19 Å². The third-order valence-corrected chi connectivity index (χ3v) is 11.6. The minimum absolute atomic E-state index is 0.546. The molecule has 0 fully saturated rings. The van der Waals surface area contributed by atoms with Crippen LogP contribution in [0.25, 0.3) is 0 Å². The van der Waals surface area contributed by atoms with E-state index >= 15 is 0 Å². The van der Waals surface area contributed by atoms with Gasteiger partial charge in [0, 0.05) is 25.3 Å². The molecule has 1 atom stereocenters. The lowest BCUT2D eigenvalue weighted by molar-refractivity contribution is 0.214. The summed E-state index contributed by atoms with van der Waals surface area (Å²) < 4.78 is 0. The quantitative estimate of drug-likeness (QED) is 0.144. The zero-order valence-electron chi connectivity index (χ0n) is 22.5. The maximum Gasteiger partial charge on any atom is 0.0987 e. The Morgan fingerprint density at radius 2 is 1.05 bits per heavy atom. The van der Waals surface area contributed by atoms with E-state index in [4.69, 9.17) is 0 Å². The van der Waals surface area contributed by atoms with E-state index in [0.29, 0.717) is 5.67 Å². The first-order valence-corrected chi connectivity index (χ1v) is 16.8. The lowest BCUT2D eigenvalue weighted by Gasteiger charge is -2.42. The third-order valence-electron chi connectivity index (χ3n) is 7.50. The highest BCUT2D eigenvalue weighted by atomic mass is 28.3. The molecule has 37 heavy (non-hydrogen) atoms. The molecule has 0 spiro atoms. The van der Waals surface area contributed by atoms with Crippen molar-refractivity contribution in [2.75, 3.05) is 6.54 Å². The molecular formula is C34H42N2Si. The summed E-state index contributed by atoms with van der Waals surface area (Å²) in [5.74, 6) is 0. The summed E-state index contributed by atoms with van der Waals surface area (Å²) in [6, 6.07) is 44.0. The number of hydrogen-bond donors (Lipinski definition) is 1. The van der Waals surface area contributed by atoms with Crippen molar-refractivity contribution < 1.29 is 0 Å². The van der Waals surface area contributed by atoms with Gasteiger partial charge in [-0.15, -0.1) is 0 Å². The van der Waals surface area contributed by atoms with Crippen molar-refractivity contribution in [3.63, 3.8) is 0 Å². The maximum absolute atomic E-state index is 3.65. The first-order chi connectivity index (χ1) is 18.1. The molecule has 0 saturated carbocycles. The van der Waals surface area contributed by atoms with Crippen LogP contribution in [0.3, 0.4) is 0 Å². The van der Waals surface area contributed by atoms with Crippen molar-refractivity contribution in [1.29, 1.82) is 0 Å². The van der Waals surface area contributed by atoms with E-state index in [9.17, 15) is 0 Å². The second-order valence-electron chi connectivity index (χ2n) is 10.6. The minimum Gasteiger partial charge on any atom is -0.313 e. The Hall–Kier alpha value is -2.98. The van der Waals surface area contributed by atoms with E-state index < -0.39 is 8.07 Å². The van der Waals surface area contributed by atoms with E-state index in [1.165, 1.54) is 36.0 Å². The molecule has 4 aromatic rings. The fourth-order valence-corrected chi connectivity index (χ4v) is 8.85. The van der Waals surface area contributed by atoms with E-state index in [2.05, 4.69) is 145 Å². The minimum atomic E-state index is -1.80. The Bertz CT molecular complexity index is 1110. The summed E-state index contributed by atoms with van der Waals surface area (Å²) in [4.78, 5) is 2.78. The van der Waals surface area contributed by atoms with Crippen molar-refractivity contribution >= 4 is 13.3 Å². The third kappa shape index (κ3) is 8.26. The Labute approximate surface area is 225 Å². The van der Waals surface area contributed by atoms with Crippen LogP contribution in [0.4, 0.5) is 0 Å². The van der Waals surface area contributed by atoms with E-state index in [0.717, 1.165) is 26.2 Å². The molecule has 0 amide bonds. The predicted molar refractivity (Wildman–Crippen MR) is 161 cm³/mol. The van der Waals surface area contributed by atoms with E-state index in [1.807, 2.05) is 0 Å². The van der Waals surface area contributed by atoms with Crippen molar-refractivity contribution in [3.05, 3.63) is 138 Å². The second kappa shape index (κ2) is 14.1. The van der Waals surface area contributed by atoms with Gasteiger partial charge in [0.05, 0.1) is 8.07 Å². The molecule has 0 radical (unpaired) electrons. The lowest BCUT2D eigenvalue weighted by atomic mass is 10.1. The van der Waals surface area contributed by atoms with Crippen LogP contribution in [0, 0.1) is 0 Å². The van der Waals surface area contributed by atoms with E-state index in [-0.39, 0.29) is 0 Å². The van der Waals surface area contributed by atoms with Crippen LogP contribution in [0.1, 0.15) is 36.0 Å². The smallest absolute Gasteiger partial charge is 0.0987 e. The van der Waals surface area contributed by atoms with Crippen LogP contribution in [0.2, 0.25) is 13.1 Å². The number of hydrogen-bond acceptors (Lipinski definition) is 2. The van der Waals surface area contributed by atoms with Gasteiger partial charge in [0.25, 0.3) is 0 Å². The van der Waals surface area contributed by atoms with Gasteiger partial charge >= 0.3 is 0 Å². The van der Waals surface area contributed by atoms with Crippen LogP contribution < -0.4 is 10.5 Å². The molecule has 0 aliphatic rings. The predicted octanol–water partition coefficient (Wildman–Crippen LogP) is 7.17. The molecule has 192 valence electrons. The van der Waals surface area contributed by atoms with Crippen LogP contribution in [-0.4, -0.2) is 25.2 Å². The average molecular weight is 507 g/mol. The number of unbranched alkanes of at least 4 members (excludes halogenated alkanes) is 1. The highest BCUT2D eigenvalue weighted by molar-refractivity contribution is 6.91. The number of benzene rings is 4. The first-order valence-electron chi connectivity index (χ1n) is 13.7. The Kier molecular flexibility index (Phi) is 10.3. The summed E-state index contributed by atoms with van der Waals surface area (Å²) >= 11 is 0. The molecular weight excluding hydrogens is 464 g/mol. The van der Waals surface area contributed by atoms with Crippen molar-refractivity contribution in [2.45, 2.75) is 57.7 Å². The van der Waals surface area contributed by atoms with Gasteiger partial charge < -0.3 is 5.32 Å². The van der Waals surface area contributed by atoms with Gasteiger partial charge in [-0.25, -0.2) is 0 Å². The average Bonchev–Trinajstić information content (AvgIpc) is 2.94. The Morgan fingerprint density at radius 1 is 0.595 bits per heavy atom. The maximum atomic E-state index is 3.65. The highest BCUT2D eigenvalue weighted by Crippen LogP contribution is 2.25. The number of nitrogens with one attached hydrogen (secondary N) is 1. The van der Waals surface area contributed by atoms with Gasteiger partial charge in [0.15, 0.2) is 0 Å². The molecule has 0 aliphatic carbocycles. The van der Waals surface area contributed by atoms with Crippen molar-refractivity contribution in [1.82, 2.24) is 10.2 Å². The van der Waals surface area contributed by atoms with Gasteiger partial charge in [0.2, 0.25) is 0 Å². The Morgan fingerprint density at radius 3 is 1.57 bits per heavy atom. The largest absolute Gasteiger partial charge is 0.313 e. The zero-order valence-corrected chi connectivity index (χ0v) is 23.5.